The first-order valence-corrected chi connectivity index (χ1v) is 8.64. The number of hydrogen-bond acceptors (Lipinski definition) is 5. The number of rotatable bonds is 7. The molecule has 0 radical (unpaired) electrons. The van der Waals surface area contributed by atoms with E-state index in [1.807, 2.05) is 0 Å². The normalized spacial score (nSPS) is 23.4. The Hall–Kier alpha value is -0.490. The maximum atomic E-state index is 5.79. The Morgan fingerprint density at radius 1 is 1.40 bits per heavy atom. The molecule has 1 N–H and O–H groups in total. The largest absolute Gasteiger partial charge is 0.377 e. The lowest BCUT2D eigenvalue weighted by Crippen LogP contribution is -2.33. The van der Waals surface area contributed by atoms with E-state index in [1.165, 1.54) is 42.8 Å². The van der Waals surface area contributed by atoms with Gasteiger partial charge in [0.15, 0.2) is 0 Å². The van der Waals surface area contributed by atoms with Gasteiger partial charge in [0, 0.05) is 37.7 Å². The van der Waals surface area contributed by atoms with Crippen LogP contribution in [0.5, 0.6) is 0 Å². The molecule has 0 spiro atoms. The summed E-state index contributed by atoms with van der Waals surface area (Å²) in [6.07, 6.45) is 6.84. The first kappa shape index (κ1) is 14.4. The molecule has 1 saturated heterocycles. The Bertz CT molecular complexity index is 413. The lowest BCUT2D eigenvalue weighted by molar-refractivity contribution is -0.00272. The summed E-state index contributed by atoms with van der Waals surface area (Å²) in [6.45, 7) is 3.82. The van der Waals surface area contributed by atoms with Gasteiger partial charge >= 0.3 is 0 Å². The van der Waals surface area contributed by atoms with E-state index in [4.69, 9.17) is 9.72 Å². The SMILES string of the molecule is CN(Cc1csc(CNC2CC2)n1)CC1CCCCO1. The zero-order valence-electron chi connectivity index (χ0n) is 12.3. The molecule has 1 aliphatic heterocycles. The van der Waals surface area contributed by atoms with Crippen molar-refractivity contribution >= 4 is 11.3 Å². The van der Waals surface area contributed by atoms with Crippen molar-refractivity contribution in [2.45, 2.75) is 57.3 Å². The molecule has 2 aliphatic rings. The standard InChI is InChI=1S/C15H25N3OS/c1-18(10-14-4-2-3-7-19-14)9-13-11-20-15(17-13)8-16-12-5-6-12/h11-12,14,16H,2-10H2,1H3. The van der Waals surface area contributed by atoms with Gasteiger partial charge in [-0.05, 0) is 39.2 Å². The maximum Gasteiger partial charge on any atom is 0.107 e. The summed E-state index contributed by atoms with van der Waals surface area (Å²) in [6, 6.07) is 0.758. The molecule has 1 saturated carbocycles. The quantitative estimate of drug-likeness (QED) is 0.838. The van der Waals surface area contributed by atoms with Gasteiger partial charge in [-0.2, -0.15) is 0 Å². The van der Waals surface area contributed by atoms with Crippen molar-refractivity contribution in [1.29, 1.82) is 0 Å². The molecule has 0 bridgehead atoms. The number of nitrogens with zero attached hydrogens (tertiary/aromatic N) is 2. The van der Waals surface area contributed by atoms with Crippen molar-refractivity contribution in [2.75, 3.05) is 20.2 Å². The summed E-state index contributed by atoms with van der Waals surface area (Å²) in [7, 11) is 2.17. The Kier molecular flexibility index (Phi) is 5.04. The minimum atomic E-state index is 0.420. The van der Waals surface area contributed by atoms with Crippen LogP contribution in [0.15, 0.2) is 5.38 Å². The van der Waals surface area contributed by atoms with E-state index in [2.05, 4.69) is 22.6 Å². The van der Waals surface area contributed by atoms with Gasteiger partial charge in [0.1, 0.15) is 5.01 Å². The van der Waals surface area contributed by atoms with Crippen LogP contribution in [0.1, 0.15) is 42.8 Å². The van der Waals surface area contributed by atoms with Gasteiger partial charge in [0.25, 0.3) is 0 Å². The van der Waals surface area contributed by atoms with E-state index in [0.29, 0.717) is 6.10 Å². The number of ether oxygens (including phenoxy) is 1. The predicted octanol–water partition coefficient (Wildman–Crippen LogP) is 2.40. The summed E-state index contributed by atoms with van der Waals surface area (Å²) < 4.78 is 5.79. The zero-order chi connectivity index (χ0) is 13.8. The average molecular weight is 295 g/mol. The Balaban J connectivity index is 1.41. The molecule has 3 rings (SSSR count). The molecule has 1 aromatic rings. The van der Waals surface area contributed by atoms with Crippen molar-refractivity contribution in [1.82, 2.24) is 15.2 Å². The van der Waals surface area contributed by atoms with Crippen molar-refractivity contribution in [2.24, 2.45) is 0 Å². The van der Waals surface area contributed by atoms with Crippen LogP contribution in [-0.2, 0) is 17.8 Å². The highest BCUT2D eigenvalue weighted by Gasteiger charge is 2.20. The van der Waals surface area contributed by atoms with Gasteiger partial charge in [-0.25, -0.2) is 4.98 Å². The second-order valence-electron chi connectivity index (χ2n) is 6.07. The summed E-state index contributed by atoms with van der Waals surface area (Å²) in [4.78, 5) is 7.05. The molecule has 0 aromatic carbocycles. The smallest absolute Gasteiger partial charge is 0.107 e. The summed E-state index contributed by atoms with van der Waals surface area (Å²) in [5.74, 6) is 0. The number of hydrogen-bond donors (Lipinski definition) is 1. The number of thiazole rings is 1. The molecule has 2 fully saturated rings. The summed E-state index contributed by atoms with van der Waals surface area (Å²) >= 11 is 1.78. The lowest BCUT2D eigenvalue weighted by Gasteiger charge is -2.26. The van der Waals surface area contributed by atoms with Crippen LogP contribution < -0.4 is 5.32 Å². The molecule has 1 aliphatic carbocycles. The third-order valence-electron chi connectivity index (χ3n) is 3.94. The Morgan fingerprint density at radius 2 is 2.30 bits per heavy atom. The Morgan fingerprint density at radius 3 is 3.05 bits per heavy atom. The van der Waals surface area contributed by atoms with E-state index >= 15 is 0 Å². The first-order valence-electron chi connectivity index (χ1n) is 7.76. The van der Waals surface area contributed by atoms with Gasteiger partial charge in [-0.3, -0.25) is 4.90 Å². The predicted molar refractivity (Wildman–Crippen MR) is 81.9 cm³/mol. The average Bonchev–Trinajstić information content (AvgIpc) is 3.18. The van der Waals surface area contributed by atoms with E-state index in [-0.39, 0.29) is 0 Å². The molecule has 4 nitrogen and oxygen atoms in total. The molecule has 1 aromatic heterocycles. The maximum absolute atomic E-state index is 5.79. The van der Waals surface area contributed by atoms with Crippen LogP contribution >= 0.6 is 11.3 Å². The number of aromatic nitrogens is 1. The van der Waals surface area contributed by atoms with Gasteiger partial charge in [0.2, 0.25) is 0 Å². The van der Waals surface area contributed by atoms with Crippen molar-refractivity contribution in [3.8, 4) is 0 Å². The fourth-order valence-corrected chi connectivity index (χ4v) is 3.40. The monoisotopic (exact) mass is 295 g/mol. The van der Waals surface area contributed by atoms with Crippen molar-refractivity contribution in [3.63, 3.8) is 0 Å². The van der Waals surface area contributed by atoms with Crippen LogP contribution in [0.2, 0.25) is 0 Å². The van der Waals surface area contributed by atoms with Gasteiger partial charge in [-0.1, -0.05) is 0 Å². The third kappa shape index (κ3) is 4.52. The highest BCUT2D eigenvalue weighted by Crippen LogP contribution is 2.20. The molecule has 2 heterocycles. The summed E-state index contributed by atoms with van der Waals surface area (Å²) in [5, 5.41) is 6.93. The molecule has 1 unspecified atom stereocenters. The second-order valence-corrected chi connectivity index (χ2v) is 7.02. The van der Waals surface area contributed by atoms with Crippen LogP contribution in [-0.4, -0.2) is 42.2 Å². The number of nitrogens with one attached hydrogen (secondary N) is 1. The van der Waals surface area contributed by atoms with Crippen LogP contribution in [0.3, 0.4) is 0 Å². The van der Waals surface area contributed by atoms with E-state index < -0.39 is 0 Å². The molecule has 5 heteroatoms. The third-order valence-corrected chi connectivity index (χ3v) is 4.84. The second kappa shape index (κ2) is 6.98. The fraction of sp³-hybridized carbons (Fsp3) is 0.800. The van der Waals surface area contributed by atoms with Crippen LogP contribution in [0, 0.1) is 0 Å². The molecular formula is C15H25N3OS. The van der Waals surface area contributed by atoms with Crippen LogP contribution in [0.4, 0.5) is 0 Å². The Labute approximate surface area is 125 Å². The molecular weight excluding hydrogens is 270 g/mol. The van der Waals surface area contributed by atoms with Gasteiger partial charge in [-0.15, -0.1) is 11.3 Å². The van der Waals surface area contributed by atoms with E-state index in [0.717, 1.165) is 32.3 Å². The lowest BCUT2D eigenvalue weighted by atomic mass is 10.1. The molecule has 0 amide bonds. The fourth-order valence-electron chi connectivity index (χ4n) is 2.66. The minimum Gasteiger partial charge on any atom is -0.377 e. The molecule has 1 atom stereocenters. The molecule has 112 valence electrons. The van der Waals surface area contributed by atoms with Gasteiger partial charge < -0.3 is 10.1 Å². The molecule has 20 heavy (non-hydrogen) atoms. The zero-order valence-corrected chi connectivity index (χ0v) is 13.1. The topological polar surface area (TPSA) is 37.4 Å². The van der Waals surface area contributed by atoms with E-state index in [1.54, 1.807) is 11.3 Å². The van der Waals surface area contributed by atoms with E-state index in [9.17, 15) is 0 Å². The van der Waals surface area contributed by atoms with Gasteiger partial charge in [0.05, 0.1) is 11.8 Å². The highest BCUT2D eigenvalue weighted by molar-refractivity contribution is 7.09. The van der Waals surface area contributed by atoms with Crippen molar-refractivity contribution in [3.05, 3.63) is 16.1 Å². The number of likely N-dealkylation sites (N-methyl/N-ethyl adjacent to an activating group) is 1. The first-order chi connectivity index (χ1) is 9.79. The van der Waals surface area contributed by atoms with Crippen LogP contribution in [0.25, 0.3) is 0 Å². The van der Waals surface area contributed by atoms with Crippen molar-refractivity contribution < 1.29 is 4.74 Å². The highest BCUT2D eigenvalue weighted by atomic mass is 32.1. The summed E-state index contributed by atoms with van der Waals surface area (Å²) in [5.41, 5.74) is 1.20. The minimum absolute atomic E-state index is 0.420.